The zero-order valence-electron chi connectivity index (χ0n) is 33.7. The number of aliphatic imine (C=N–C) groups is 1. The van der Waals surface area contributed by atoms with Crippen LogP contribution < -0.4 is 49.1 Å². The average molecular weight is 835 g/mol. The van der Waals surface area contributed by atoms with Crippen molar-refractivity contribution in [2.45, 2.75) is 109 Å². The van der Waals surface area contributed by atoms with Gasteiger partial charge in [-0.05, 0) is 63.0 Å². The summed E-state index contributed by atoms with van der Waals surface area (Å²) in [4.78, 5) is 103. The lowest BCUT2D eigenvalue weighted by molar-refractivity contribution is -0.141. The van der Waals surface area contributed by atoms with Gasteiger partial charge in [-0.3, -0.25) is 29.0 Å². The summed E-state index contributed by atoms with van der Waals surface area (Å²) in [6, 6.07) is 2.77. The van der Waals surface area contributed by atoms with Crippen LogP contribution >= 0.6 is 0 Å². The van der Waals surface area contributed by atoms with Gasteiger partial charge in [-0.1, -0.05) is 50.6 Å². The highest BCUT2D eigenvalue weighted by atomic mass is 16.4. The Morgan fingerprint density at radius 3 is 1.86 bits per heavy atom. The van der Waals surface area contributed by atoms with Crippen molar-refractivity contribution in [2.75, 3.05) is 26.2 Å². The summed E-state index contributed by atoms with van der Waals surface area (Å²) < 4.78 is 0. The molecule has 0 saturated heterocycles. The fraction of sp³-hybridized carbons (Fsp3) is 0.605. The minimum Gasteiger partial charge on any atom is -0.481 e. The monoisotopic (exact) mass is 834 g/mol. The first-order valence-corrected chi connectivity index (χ1v) is 19.6. The van der Waals surface area contributed by atoms with Crippen LogP contribution in [0.25, 0.3) is 0 Å². The quantitative estimate of drug-likeness (QED) is 0.0255. The summed E-state index contributed by atoms with van der Waals surface area (Å²) in [5.74, 6) is -7.15. The van der Waals surface area contributed by atoms with Crippen LogP contribution in [-0.2, 0) is 40.0 Å². The molecule has 0 aliphatic rings. The van der Waals surface area contributed by atoms with Crippen LogP contribution in [0.1, 0.15) is 83.6 Å². The fourth-order valence-electron chi connectivity index (χ4n) is 5.79. The number of nitrogens with two attached hydrogens (primary N) is 3. The van der Waals surface area contributed by atoms with E-state index in [9.17, 15) is 48.6 Å². The van der Waals surface area contributed by atoms with Gasteiger partial charge < -0.3 is 64.4 Å². The van der Waals surface area contributed by atoms with E-state index in [1.54, 1.807) is 26.0 Å². The molecule has 0 radical (unpaired) electrons. The molecule has 4 unspecified atom stereocenters. The molecule has 0 aliphatic carbocycles. The Labute approximate surface area is 343 Å². The van der Waals surface area contributed by atoms with Crippen molar-refractivity contribution in [2.24, 2.45) is 34.0 Å². The second kappa shape index (κ2) is 28.4. The number of unbranched alkanes of at least 4 members (excludes halogenated alkanes) is 2. The molecule has 21 nitrogen and oxygen atoms in total. The van der Waals surface area contributed by atoms with Gasteiger partial charge in [-0.2, -0.15) is 0 Å². The molecule has 1 rings (SSSR count). The summed E-state index contributed by atoms with van der Waals surface area (Å²) >= 11 is 0. The Kier molecular flexibility index (Phi) is 24.6. The maximum Gasteiger partial charge on any atom is 0.326 e. The molecule has 0 heterocycles. The van der Waals surface area contributed by atoms with Crippen LogP contribution in [0.2, 0.25) is 0 Å². The number of hydrogen-bond acceptors (Lipinski definition) is 10. The first kappa shape index (κ1) is 51.0. The van der Waals surface area contributed by atoms with E-state index in [1.807, 2.05) is 23.5 Å². The molecular weight excluding hydrogens is 772 g/mol. The first-order valence-electron chi connectivity index (χ1n) is 19.6. The fourth-order valence-corrected chi connectivity index (χ4v) is 5.79. The number of urea groups is 1. The number of aliphatic carboxylic acids is 3. The number of nitrogens with one attached hydrogen (secondary N) is 6. The summed E-state index contributed by atoms with van der Waals surface area (Å²) in [5.41, 5.74) is 17.2. The van der Waals surface area contributed by atoms with Crippen molar-refractivity contribution in [3.63, 3.8) is 0 Å². The molecule has 15 N–H and O–H groups in total. The van der Waals surface area contributed by atoms with Crippen molar-refractivity contribution in [3.05, 3.63) is 35.9 Å². The van der Waals surface area contributed by atoms with Crippen LogP contribution in [0.15, 0.2) is 35.3 Å². The standard InChI is InChI=1S/C38H62N10O11/c1-23(22-44-30(49)15-13-27(35(55)56)47-38(59)48-28(36(57)58)14-16-31(50)51)20-24(2)32(52)46-29(21-25-10-5-3-6-11-25)34(54)45-26(12-9-19-43-37(40)41)33(53)42-18-8-4-7-17-39/h3,5-6,10-11,23-24,26-29H,4,7-9,12-22,39H2,1-2H3,(H,42,53)(H,44,49)(H,45,54)(H,46,52)(H,50,51)(H,55,56)(H,57,58)(H4,40,41,43)(H2,47,48,59)/t23?,24?,26-,27?,28?,29-/m0/s1. The third-order valence-electron chi connectivity index (χ3n) is 9.04. The molecule has 0 bridgehead atoms. The normalized spacial score (nSPS) is 13.8. The van der Waals surface area contributed by atoms with Crippen LogP contribution in [0, 0.1) is 11.8 Å². The SMILES string of the molecule is CC(CNC(=O)CCC(NC(=O)NC(CCC(=O)O)C(=O)O)C(=O)O)CC(C)C(=O)N[C@@H](Cc1ccccc1)C(=O)N[C@@H](CCCN=C(N)N)C(=O)NCCCCCN. The van der Waals surface area contributed by atoms with Gasteiger partial charge >= 0.3 is 23.9 Å². The zero-order chi connectivity index (χ0) is 44.3. The molecule has 21 heteroatoms. The van der Waals surface area contributed by atoms with Crippen LogP contribution in [0.4, 0.5) is 4.79 Å². The molecule has 0 fully saturated rings. The maximum absolute atomic E-state index is 13.8. The van der Waals surface area contributed by atoms with Gasteiger partial charge in [-0.15, -0.1) is 0 Å². The van der Waals surface area contributed by atoms with Gasteiger partial charge in [0.2, 0.25) is 23.6 Å². The molecule has 0 aliphatic heterocycles. The molecular formula is C38H62N10O11. The van der Waals surface area contributed by atoms with Gasteiger partial charge in [0.25, 0.3) is 0 Å². The minimum atomic E-state index is -1.58. The smallest absolute Gasteiger partial charge is 0.326 e. The highest BCUT2D eigenvalue weighted by molar-refractivity contribution is 5.92. The average Bonchev–Trinajstić information content (AvgIpc) is 3.17. The number of carboxylic acids is 3. The van der Waals surface area contributed by atoms with Crippen molar-refractivity contribution < 1.29 is 53.7 Å². The Morgan fingerprint density at radius 1 is 0.678 bits per heavy atom. The first-order chi connectivity index (χ1) is 27.9. The lowest BCUT2D eigenvalue weighted by atomic mass is 9.95. The van der Waals surface area contributed by atoms with Gasteiger partial charge in [0, 0.05) is 44.8 Å². The lowest BCUT2D eigenvalue weighted by Crippen LogP contribution is -2.55. The minimum absolute atomic E-state index is 0.0969. The van der Waals surface area contributed by atoms with Gasteiger partial charge in [-0.25, -0.2) is 14.4 Å². The number of amides is 6. The van der Waals surface area contributed by atoms with E-state index in [-0.39, 0.29) is 63.0 Å². The van der Waals surface area contributed by atoms with E-state index in [1.165, 1.54) is 0 Å². The van der Waals surface area contributed by atoms with E-state index in [4.69, 9.17) is 22.3 Å². The lowest BCUT2D eigenvalue weighted by Gasteiger charge is -2.25. The molecule has 1 aromatic rings. The summed E-state index contributed by atoms with van der Waals surface area (Å²) in [6.45, 7) is 4.75. The molecule has 6 atom stereocenters. The molecule has 330 valence electrons. The number of guanidine groups is 1. The second-order valence-electron chi connectivity index (χ2n) is 14.3. The topological polar surface area (TPSA) is 360 Å². The van der Waals surface area contributed by atoms with Crippen LogP contribution in [-0.4, -0.2) is 119 Å². The summed E-state index contributed by atoms with van der Waals surface area (Å²) in [6.07, 6.45) is 1.78. The van der Waals surface area contributed by atoms with Crippen LogP contribution in [0.3, 0.4) is 0 Å². The van der Waals surface area contributed by atoms with E-state index in [2.05, 4.69) is 31.6 Å². The molecule has 59 heavy (non-hydrogen) atoms. The Morgan fingerprint density at radius 2 is 1.29 bits per heavy atom. The molecule has 0 spiro atoms. The third kappa shape index (κ3) is 23.1. The second-order valence-corrected chi connectivity index (χ2v) is 14.3. The maximum atomic E-state index is 13.8. The zero-order valence-corrected chi connectivity index (χ0v) is 33.7. The Balaban J connectivity index is 2.85. The van der Waals surface area contributed by atoms with Crippen LogP contribution in [0.5, 0.6) is 0 Å². The Bertz CT molecular complexity index is 1560. The predicted molar refractivity (Wildman–Crippen MR) is 216 cm³/mol. The van der Waals surface area contributed by atoms with Crippen molar-refractivity contribution >= 4 is 53.5 Å². The number of carboxylic acid groups (broad SMARTS) is 3. The van der Waals surface area contributed by atoms with E-state index >= 15 is 0 Å². The van der Waals surface area contributed by atoms with Gasteiger partial charge in [0.05, 0.1) is 0 Å². The molecule has 0 saturated carbocycles. The Hall–Kier alpha value is -5.99. The number of carbonyl (C=O) groups is 8. The summed E-state index contributed by atoms with van der Waals surface area (Å²) in [5, 5.41) is 42.8. The number of hydrogen-bond donors (Lipinski definition) is 12. The van der Waals surface area contributed by atoms with E-state index in [0.717, 1.165) is 18.4 Å². The van der Waals surface area contributed by atoms with E-state index < -0.39 is 84.6 Å². The number of carbonyl (C=O) groups excluding carboxylic acids is 5. The highest BCUT2D eigenvalue weighted by Gasteiger charge is 2.29. The number of rotatable bonds is 30. The van der Waals surface area contributed by atoms with Gasteiger partial charge in [0.15, 0.2) is 5.96 Å². The molecule has 1 aromatic carbocycles. The predicted octanol–water partition coefficient (Wildman–Crippen LogP) is -0.873. The largest absolute Gasteiger partial charge is 0.481 e. The highest BCUT2D eigenvalue weighted by Crippen LogP contribution is 2.14. The van der Waals surface area contributed by atoms with Crippen molar-refractivity contribution in [1.29, 1.82) is 0 Å². The number of nitrogens with zero attached hydrogens (tertiary/aromatic N) is 1. The summed E-state index contributed by atoms with van der Waals surface area (Å²) in [7, 11) is 0. The number of benzene rings is 1. The third-order valence-corrected chi connectivity index (χ3v) is 9.04. The van der Waals surface area contributed by atoms with Crippen molar-refractivity contribution in [3.8, 4) is 0 Å². The van der Waals surface area contributed by atoms with Gasteiger partial charge in [0.1, 0.15) is 24.2 Å². The molecule has 0 aromatic heterocycles. The molecule has 6 amide bonds. The van der Waals surface area contributed by atoms with E-state index in [0.29, 0.717) is 25.9 Å². The van der Waals surface area contributed by atoms with Crippen molar-refractivity contribution in [1.82, 2.24) is 31.9 Å².